The van der Waals surface area contributed by atoms with E-state index in [2.05, 4.69) is 15.3 Å². The maximum Gasteiger partial charge on any atom is 0.255 e. The first-order valence-corrected chi connectivity index (χ1v) is 7.65. The quantitative estimate of drug-likeness (QED) is 0.776. The molecule has 0 saturated carbocycles. The highest BCUT2D eigenvalue weighted by Crippen LogP contribution is 2.18. The molecule has 2 aromatic carbocycles. The highest BCUT2D eigenvalue weighted by molar-refractivity contribution is 5.96. The molecular weight excluding hydrogens is 321 g/mol. The van der Waals surface area contributed by atoms with Crippen molar-refractivity contribution in [3.05, 3.63) is 78.0 Å². The molecule has 1 N–H and O–H groups in total. The van der Waals surface area contributed by atoms with Gasteiger partial charge in [0, 0.05) is 5.56 Å². The van der Waals surface area contributed by atoms with E-state index in [1.807, 2.05) is 0 Å². The molecule has 1 aromatic heterocycles. The molecule has 0 atom stereocenters. The van der Waals surface area contributed by atoms with E-state index >= 15 is 0 Å². The lowest BCUT2D eigenvalue weighted by Crippen LogP contribution is -2.23. The van der Waals surface area contributed by atoms with Gasteiger partial charge in [-0.1, -0.05) is 12.1 Å². The molecule has 25 heavy (non-hydrogen) atoms. The molecule has 6 heteroatoms. The second-order valence-electron chi connectivity index (χ2n) is 5.28. The Labute approximate surface area is 144 Å². The lowest BCUT2D eigenvalue weighted by molar-refractivity contribution is 0.0947. The van der Waals surface area contributed by atoms with Crippen LogP contribution in [-0.4, -0.2) is 23.0 Å². The average molecular weight is 337 g/mol. The van der Waals surface area contributed by atoms with Crippen LogP contribution in [0.3, 0.4) is 0 Å². The molecule has 1 amide bonds. The van der Waals surface area contributed by atoms with Crippen LogP contribution in [0.15, 0.2) is 60.9 Å². The lowest BCUT2D eigenvalue weighted by atomic mass is 10.1. The van der Waals surface area contributed by atoms with Gasteiger partial charge in [-0.25, -0.2) is 14.4 Å². The number of methoxy groups -OCH3 is 1. The number of para-hydroxylation sites is 1. The number of hydrogen-bond acceptors (Lipinski definition) is 4. The minimum Gasteiger partial charge on any atom is -0.496 e. The molecule has 3 rings (SSSR count). The molecule has 0 aliphatic rings. The van der Waals surface area contributed by atoms with Gasteiger partial charge in [-0.15, -0.1) is 0 Å². The fourth-order valence-corrected chi connectivity index (χ4v) is 2.37. The number of hydrogen-bond donors (Lipinski definition) is 1. The number of aromatic nitrogens is 2. The zero-order valence-corrected chi connectivity index (χ0v) is 13.6. The molecule has 0 radical (unpaired) electrons. The predicted octanol–water partition coefficient (Wildman–Crippen LogP) is 3.22. The molecule has 5 nitrogen and oxygen atoms in total. The highest BCUT2D eigenvalue weighted by Gasteiger charge is 2.11. The summed E-state index contributed by atoms with van der Waals surface area (Å²) in [6.45, 7) is 0.244. The first-order valence-electron chi connectivity index (χ1n) is 7.65. The Hall–Kier alpha value is -3.28. The van der Waals surface area contributed by atoms with Crippen molar-refractivity contribution in [2.75, 3.05) is 7.11 Å². The number of carbonyl (C=O) groups excluding carboxylic acids is 1. The second-order valence-corrected chi connectivity index (χ2v) is 5.28. The number of carbonyl (C=O) groups is 1. The van der Waals surface area contributed by atoms with Crippen molar-refractivity contribution in [1.82, 2.24) is 15.3 Å². The van der Waals surface area contributed by atoms with Gasteiger partial charge < -0.3 is 10.1 Å². The maximum atomic E-state index is 13.0. The molecule has 0 bridgehead atoms. The van der Waals surface area contributed by atoms with E-state index < -0.39 is 0 Å². The van der Waals surface area contributed by atoms with Crippen molar-refractivity contribution in [2.45, 2.75) is 6.54 Å². The van der Waals surface area contributed by atoms with Crippen molar-refractivity contribution in [3.63, 3.8) is 0 Å². The van der Waals surface area contributed by atoms with Gasteiger partial charge in [0.2, 0.25) is 0 Å². The second kappa shape index (κ2) is 7.53. The number of halogens is 1. The Kier molecular flexibility index (Phi) is 4.99. The number of nitrogens with zero attached hydrogens (tertiary/aromatic N) is 2. The number of amides is 1. The van der Waals surface area contributed by atoms with E-state index in [0.717, 1.165) is 5.56 Å². The van der Waals surface area contributed by atoms with Crippen molar-refractivity contribution < 1.29 is 13.9 Å². The number of nitrogens with one attached hydrogen (secondary N) is 1. The molecule has 0 spiro atoms. The summed E-state index contributed by atoms with van der Waals surface area (Å²) in [6, 6.07) is 14.8. The monoisotopic (exact) mass is 337 g/mol. The minimum atomic E-state index is -0.304. The van der Waals surface area contributed by atoms with E-state index in [-0.39, 0.29) is 18.3 Å². The Balaban J connectivity index is 1.72. The number of ether oxygens (including phenoxy) is 1. The average Bonchev–Trinajstić information content (AvgIpc) is 2.67. The number of benzene rings is 2. The van der Waals surface area contributed by atoms with Crippen LogP contribution in [0.2, 0.25) is 0 Å². The Bertz CT molecular complexity index is 882. The molecule has 0 aliphatic heterocycles. The van der Waals surface area contributed by atoms with Crippen LogP contribution in [0.1, 0.15) is 16.1 Å². The summed E-state index contributed by atoms with van der Waals surface area (Å²) in [6.07, 6.45) is 1.42. The first kappa shape index (κ1) is 16.6. The fraction of sp³-hybridized carbons (Fsp3) is 0.105. The summed E-state index contributed by atoms with van der Waals surface area (Å²) < 4.78 is 18.2. The SMILES string of the molecule is COc1ccccc1C(=O)NCc1cc(-c2ccc(F)cc2)ncn1. The van der Waals surface area contributed by atoms with Gasteiger partial charge in [-0.3, -0.25) is 4.79 Å². The molecule has 0 aliphatic carbocycles. The standard InChI is InChI=1S/C19H16FN3O2/c1-25-18-5-3-2-4-16(18)19(24)21-11-15-10-17(23-12-22-15)13-6-8-14(20)9-7-13/h2-10,12H,11H2,1H3,(H,21,24). The number of rotatable bonds is 5. The summed E-state index contributed by atoms with van der Waals surface area (Å²) in [4.78, 5) is 20.7. The van der Waals surface area contributed by atoms with Crippen LogP contribution < -0.4 is 10.1 Å². The van der Waals surface area contributed by atoms with Gasteiger partial charge in [0.05, 0.1) is 30.6 Å². The van der Waals surface area contributed by atoms with Gasteiger partial charge in [-0.05, 0) is 42.5 Å². The zero-order chi connectivity index (χ0) is 17.6. The molecule has 0 unspecified atom stereocenters. The van der Waals surface area contributed by atoms with Crippen molar-refractivity contribution in [3.8, 4) is 17.0 Å². The molecule has 0 fully saturated rings. The summed E-state index contributed by atoms with van der Waals surface area (Å²) in [7, 11) is 1.52. The third-order valence-corrected chi connectivity index (χ3v) is 3.65. The topological polar surface area (TPSA) is 64.1 Å². The molecular formula is C19H16FN3O2. The smallest absolute Gasteiger partial charge is 0.255 e. The molecule has 3 aromatic rings. The third kappa shape index (κ3) is 3.98. The third-order valence-electron chi connectivity index (χ3n) is 3.65. The van der Waals surface area contributed by atoms with E-state index in [9.17, 15) is 9.18 Å². The molecule has 126 valence electrons. The van der Waals surface area contributed by atoms with E-state index in [4.69, 9.17) is 4.74 Å². The van der Waals surface area contributed by atoms with Crippen LogP contribution in [0.4, 0.5) is 4.39 Å². The van der Waals surface area contributed by atoms with Crippen molar-refractivity contribution >= 4 is 5.91 Å². The van der Waals surface area contributed by atoms with Gasteiger partial charge in [0.25, 0.3) is 5.91 Å². The summed E-state index contributed by atoms with van der Waals surface area (Å²) in [5.41, 5.74) is 2.55. The van der Waals surface area contributed by atoms with Gasteiger partial charge in [0.1, 0.15) is 17.9 Å². The van der Waals surface area contributed by atoms with E-state index in [0.29, 0.717) is 22.7 Å². The summed E-state index contributed by atoms with van der Waals surface area (Å²) >= 11 is 0. The van der Waals surface area contributed by atoms with E-state index in [1.165, 1.54) is 25.6 Å². The van der Waals surface area contributed by atoms with Crippen LogP contribution in [0.25, 0.3) is 11.3 Å². The predicted molar refractivity (Wildman–Crippen MR) is 91.6 cm³/mol. The Morgan fingerprint density at radius 1 is 1.12 bits per heavy atom. The molecule has 1 heterocycles. The lowest BCUT2D eigenvalue weighted by Gasteiger charge is -2.09. The van der Waals surface area contributed by atoms with Gasteiger partial charge in [0.15, 0.2) is 0 Å². The van der Waals surface area contributed by atoms with Gasteiger partial charge in [-0.2, -0.15) is 0 Å². The largest absolute Gasteiger partial charge is 0.496 e. The zero-order valence-electron chi connectivity index (χ0n) is 13.6. The van der Waals surface area contributed by atoms with Crippen LogP contribution in [-0.2, 0) is 6.54 Å². The van der Waals surface area contributed by atoms with Crippen LogP contribution in [0.5, 0.6) is 5.75 Å². The van der Waals surface area contributed by atoms with Gasteiger partial charge >= 0.3 is 0 Å². The Morgan fingerprint density at radius 2 is 1.88 bits per heavy atom. The highest BCUT2D eigenvalue weighted by atomic mass is 19.1. The first-order chi connectivity index (χ1) is 12.2. The fourth-order valence-electron chi connectivity index (χ4n) is 2.37. The van der Waals surface area contributed by atoms with Crippen LogP contribution in [0, 0.1) is 5.82 Å². The van der Waals surface area contributed by atoms with E-state index in [1.54, 1.807) is 42.5 Å². The normalized spacial score (nSPS) is 10.3. The van der Waals surface area contributed by atoms with Crippen molar-refractivity contribution in [1.29, 1.82) is 0 Å². The molecule has 0 saturated heterocycles. The summed E-state index contributed by atoms with van der Waals surface area (Å²) in [5.74, 6) is -0.0452. The van der Waals surface area contributed by atoms with Crippen molar-refractivity contribution in [2.24, 2.45) is 0 Å². The van der Waals surface area contributed by atoms with Crippen LogP contribution >= 0.6 is 0 Å². The summed E-state index contributed by atoms with van der Waals surface area (Å²) in [5, 5.41) is 2.81. The minimum absolute atomic E-state index is 0.244. The Morgan fingerprint density at radius 3 is 2.64 bits per heavy atom. The maximum absolute atomic E-state index is 13.0.